The van der Waals surface area contributed by atoms with Crippen LogP contribution in [0.3, 0.4) is 0 Å². The van der Waals surface area contributed by atoms with E-state index in [4.69, 9.17) is 21.8 Å². The number of hydrogen-bond acceptors (Lipinski definition) is 2. The van der Waals surface area contributed by atoms with Crippen molar-refractivity contribution in [1.29, 1.82) is 0 Å². The van der Waals surface area contributed by atoms with Gasteiger partial charge in [0.05, 0.1) is 0 Å². The molecule has 2 atom stereocenters. The number of nitrogens with one attached hydrogen (secondary N) is 1. The maximum atomic E-state index is 8.32. The summed E-state index contributed by atoms with van der Waals surface area (Å²) < 4.78 is 39.2. The quantitative estimate of drug-likeness (QED) is 0.787. The fourth-order valence-corrected chi connectivity index (χ4v) is 2.86. The third-order valence-electron chi connectivity index (χ3n) is 3.57. The van der Waals surface area contributed by atoms with Crippen molar-refractivity contribution >= 4 is 11.6 Å². The molecular weight excluding hydrogens is 258 g/mol. The van der Waals surface area contributed by atoms with Crippen molar-refractivity contribution in [3.05, 3.63) is 58.6 Å². The van der Waals surface area contributed by atoms with Crippen LogP contribution in [0.15, 0.2) is 42.5 Å². The predicted octanol–water partition coefficient (Wildman–Crippen LogP) is 3.92. The molecule has 0 amide bonds. The van der Waals surface area contributed by atoms with Gasteiger partial charge in [0, 0.05) is 40.9 Å². The smallest absolute Gasteiger partial charge is 0.131 e. The molecule has 2 nitrogen and oxygen atoms in total. The second kappa shape index (κ2) is 4.26. The molecule has 3 heteroatoms. The molecule has 0 aliphatic carbocycles. The molecule has 19 heavy (non-hydrogen) atoms. The molecule has 1 N–H and O–H groups in total. The molecular formula is C16H14ClNO. The number of rotatable bonds is 0. The second-order valence-corrected chi connectivity index (χ2v) is 5.13. The lowest BCUT2D eigenvalue weighted by atomic mass is 9.84. The molecule has 0 spiro atoms. The minimum absolute atomic E-state index is 0.473. The monoisotopic (exact) mass is 275 g/mol. The third kappa shape index (κ3) is 1.75. The SMILES string of the molecule is [2H]C1([2H])NC([2H])([2H])[C@H]2c3ccccc3Oc3ccc(Cl)cc3C21. The molecule has 0 aromatic heterocycles. The molecule has 0 radical (unpaired) electrons. The highest BCUT2D eigenvalue weighted by molar-refractivity contribution is 6.30. The Morgan fingerprint density at radius 1 is 1.05 bits per heavy atom. The first kappa shape index (κ1) is 7.93. The van der Waals surface area contributed by atoms with Gasteiger partial charge in [-0.2, -0.15) is 0 Å². The topological polar surface area (TPSA) is 21.3 Å². The van der Waals surface area contributed by atoms with Gasteiger partial charge < -0.3 is 10.1 Å². The van der Waals surface area contributed by atoms with E-state index in [0.717, 1.165) is 0 Å². The maximum Gasteiger partial charge on any atom is 0.131 e. The van der Waals surface area contributed by atoms with Crippen LogP contribution in [-0.4, -0.2) is 13.0 Å². The fraction of sp³-hybridized carbons (Fsp3) is 0.250. The van der Waals surface area contributed by atoms with Gasteiger partial charge in [-0.1, -0.05) is 29.8 Å². The average Bonchev–Trinajstić information content (AvgIpc) is 2.58. The Morgan fingerprint density at radius 2 is 1.79 bits per heavy atom. The van der Waals surface area contributed by atoms with Crippen molar-refractivity contribution in [2.45, 2.75) is 11.8 Å². The van der Waals surface area contributed by atoms with Crippen LogP contribution in [0.4, 0.5) is 0 Å². The van der Waals surface area contributed by atoms with Crippen molar-refractivity contribution in [3.63, 3.8) is 0 Å². The number of para-hydroxylation sites is 1. The van der Waals surface area contributed by atoms with Crippen LogP contribution in [0.2, 0.25) is 5.02 Å². The van der Waals surface area contributed by atoms with Crippen molar-refractivity contribution < 1.29 is 10.2 Å². The molecule has 0 bridgehead atoms. The van der Waals surface area contributed by atoms with E-state index in [1.165, 1.54) is 0 Å². The van der Waals surface area contributed by atoms with Gasteiger partial charge in [0.1, 0.15) is 11.5 Å². The van der Waals surface area contributed by atoms with E-state index in [1.807, 2.05) is 12.1 Å². The number of benzene rings is 2. The van der Waals surface area contributed by atoms with Crippen molar-refractivity contribution in [1.82, 2.24) is 5.32 Å². The predicted molar refractivity (Wildman–Crippen MR) is 76.3 cm³/mol. The Balaban J connectivity index is 2.04. The maximum absolute atomic E-state index is 8.32. The van der Waals surface area contributed by atoms with Gasteiger partial charge in [0.2, 0.25) is 0 Å². The minimum atomic E-state index is -1.92. The first-order valence-electron chi connectivity index (χ1n) is 8.15. The minimum Gasteiger partial charge on any atom is -0.457 e. The second-order valence-electron chi connectivity index (χ2n) is 4.69. The van der Waals surface area contributed by atoms with Crippen molar-refractivity contribution in [3.8, 4) is 11.5 Å². The molecule has 1 saturated heterocycles. The molecule has 2 aliphatic heterocycles. The Hall–Kier alpha value is -1.51. The molecule has 2 aromatic rings. The van der Waals surface area contributed by atoms with Crippen LogP contribution in [0.5, 0.6) is 11.5 Å². The lowest BCUT2D eigenvalue weighted by Crippen LogP contribution is -2.08. The van der Waals surface area contributed by atoms with Gasteiger partial charge >= 0.3 is 0 Å². The molecule has 1 fully saturated rings. The lowest BCUT2D eigenvalue weighted by molar-refractivity contribution is 0.476. The molecule has 96 valence electrons. The zero-order valence-electron chi connectivity index (χ0n) is 14.0. The van der Waals surface area contributed by atoms with Crippen LogP contribution in [0, 0.1) is 0 Å². The average molecular weight is 276 g/mol. The summed E-state index contributed by atoms with van der Waals surface area (Å²) >= 11 is 6.10. The van der Waals surface area contributed by atoms with Crippen LogP contribution >= 0.6 is 11.6 Å². The zero-order chi connectivity index (χ0) is 16.4. The van der Waals surface area contributed by atoms with E-state index in [0.29, 0.717) is 27.6 Å². The van der Waals surface area contributed by atoms with Crippen molar-refractivity contribution in [2.75, 3.05) is 13.0 Å². The van der Waals surface area contributed by atoms with E-state index < -0.39 is 24.8 Å². The summed E-state index contributed by atoms with van der Waals surface area (Å²) in [5.74, 6) is -0.395. The number of fused-ring (bicyclic) bond motifs is 5. The summed E-state index contributed by atoms with van der Waals surface area (Å²) in [7, 11) is 0. The molecule has 2 aromatic carbocycles. The first-order chi connectivity index (χ1) is 10.8. The van der Waals surface area contributed by atoms with E-state index in [9.17, 15) is 0 Å². The van der Waals surface area contributed by atoms with E-state index in [1.54, 1.807) is 30.3 Å². The summed E-state index contributed by atoms with van der Waals surface area (Å²) in [4.78, 5) is 0. The van der Waals surface area contributed by atoms with E-state index >= 15 is 0 Å². The standard InChI is InChI=1S/C16H14ClNO/c17-10-5-6-16-12(7-10)14-9-18-8-13(14)11-3-1-2-4-15(11)19-16/h1-7,13-14,18H,8-9H2/t13-,14?/m0/s1/i8D2,9D2. The largest absolute Gasteiger partial charge is 0.457 e. The Kier molecular flexibility index (Phi) is 1.78. The van der Waals surface area contributed by atoms with Crippen LogP contribution in [0.1, 0.15) is 28.4 Å². The summed E-state index contributed by atoms with van der Waals surface area (Å²) in [5.41, 5.74) is 1.24. The highest BCUT2D eigenvalue weighted by Crippen LogP contribution is 2.48. The zero-order valence-corrected chi connectivity index (χ0v) is 10.7. The van der Waals surface area contributed by atoms with Gasteiger partial charge in [0.25, 0.3) is 0 Å². The Bertz CT molecular complexity index is 795. The van der Waals surface area contributed by atoms with E-state index in [-0.39, 0.29) is 0 Å². The molecule has 0 saturated carbocycles. The number of halogens is 1. The summed E-state index contributed by atoms with van der Waals surface area (Å²) in [6.07, 6.45) is 0. The molecule has 2 aliphatic rings. The van der Waals surface area contributed by atoms with Gasteiger partial charge in [-0.3, -0.25) is 0 Å². The summed E-state index contributed by atoms with van der Waals surface area (Å²) in [6, 6.07) is 12.3. The van der Waals surface area contributed by atoms with Crippen LogP contribution < -0.4 is 10.1 Å². The first-order valence-corrected chi connectivity index (χ1v) is 6.53. The third-order valence-corrected chi connectivity index (χ3v) is 3.80. The normalized spacial score (nSPS) is 32.3. The van der Waals surface area contributed by atoms with Crippen LogP contribution in [-0.2, 0) is 0 Å². The van der Waals surface area contributed by atoms with Gasteiger partial charge in [-0.05, 0) is 29.8 Å². The van der Waals surface area contributed by atoms with Gasteiger partial charge in [0.15, 0.2) is 0 Å². The number of ether oxygens (including phenoxy) is 1. The number of hydrogen-bond donors (Lipinski definition) is 1. The van der Waals surface area contributed by atoms with Gasteiger partial charge in [-0.25, -0.2) is 0 Å². The van der Waals surface area contributed by atoms with Crippen LogP contribution in [0.25, 0.3) is 0 Å². The molecule has 1 unspecified atom stereocenters. The summed E-state index contributed by atoms with van der Waals surface area (Å²) in [5, 5.41) is 2.98. The Morgan fingerprint density at radius 3 is 2.68 bits per heavy atom. The Labute approximate surface area is 123 Å². The summed E-state index contributed by atoms with van der Waals surface area (Å²) in [6.45, 7) is -3.83. The highest BCUT2D eigenvalue weighted by atomic mass is 35.5. The highest BCUT2D eigenvalue weighted by Gasteiger charge is 2.35. The van der Waals surface area contributed by atoms with E-state index in [2.05, 4.69) is 5.32 Å². The van der Waals surface area contributed by atoms with Gasteiger partial charge in [-0.15, -0.1) is 0 Å². The lowest BCUT2D eigenvalue weighted by Gasteiger charge is -2.17. The molecule has 2 heterocycles. The fourth-order valence-electron chi connectivity index (χ4n) is 2.68. The van der Waals surface area contributed by atoms with Crippen molar-refractivity contribution in [2.24, 2.45) is 0 Å². The molecule has 4 rings (SSSR count).